The lowest BCUT2D eigenvalue weighted by Crippen LogP contribution is -2.03. The fourth-order valence-corrected chi connectivity index (χ4v) is 9.26. The third kappa shape index (κ3) is 6.92. The van der Waals surface area contributed by atoms with Gasteiger partial charge in [-0.3, -0.25) is 0 Å². The summed E-state index contributed by atoms with van der Waals surface area (Å²) in [4.78, 5) is 33.3. The summed E-state index contributed by atoms with van der Waals surface area (Å²) in [7, 11) is 0. The highest BCUT2D eigenvalue weighted by atomic mass is 32.2. The Labute approximate surface area is 373 Å². The molecule has 0 bridgehead atoms. The van der Waals surface area contributed by atoms with Crippen LogP contribution in [0.2, 0.25) is 0 Å². The van der Waals surface area contributed by atoms with Crippen molar-refractivity contribution in [2.24, 2.45) is 0 Å². The summed E-state index contributed by atoms with van der Waals surface area (Å²) >= 11 is 1.71. The van der Waals surface area contributed by atoms with E-state index in [4.69, 9.17) is 34.6 Å². The van der Waals surface area contributed by atoms with Crippen LogP contribution in [0.1, 0.15) is 0 Å². The number of aromatic nitrogens is 6. The van der Waals surface area contributed by atoms with Gasteiger partial charge in [0.05, 0.1) is 9.79 Å². The average molecular weight is 839 g/mol. The van der Waals surface area contributed by atoms with Crippen LogP contribution < -0.4 is 4.74 Å². The molecule has 3 heterocycles. The number of rotatable bonds is 7. The van der Waals surface area contributed by atoms with Crippen LogP contribution in [0, 0.1) is 0 Å². The average Bonchev–Trinajstić information content (AvgIpc) is 3.38. The molecule has 9 aromatic carbocycles. The van der Waals surface area contributed by atoms with Crippen molar-refractivity contribution >= 4 is 33.3 Å². The Morgan fingerprint density at radius 3 is 1.42 bits per heavy atom. The van der Waals surface area contributed by atoms with Crippen LogP contribution in [-0.4, -0.2) is 29.9 Å². The molecule has 11 aromatic rings. The molecule has 0 N–H and O–H groups in total. The molecule has 7 nitrogen and oxygen atoms in total. The van der Waals surface area contributed by atoms with Gasteiger partial charge in [-0.15, -0.1) is 0 Å². The van der Waals surface area contributed by atoms with E-state index in [-0.39, 0.29) is 0 Å². The zero-order valence-electron chi connectivity index (χ0n) is 34.1. The molecule has 300 valence electrons. The summed E-state index contributed by atoms with van der Waals surface area (Å²) in [6.45, 7) is 0. The lowest BCUT2D eigenvalue weighted by molar-refractivity contribution is 0.455. The van der Waals surface area contributed by atoms with E-state index < -0.39 is 0 Å². The number of hydrogen-bond acceptors (Lipinski definition) is 8. The Bertz CT molecular complexity index is 3510. The number of benzene rings is 9. The second kappa shape index (κ2) is 15.9. The quantitative estimate of drug-likeness (QED) is 0.147. The van der Waals surface area contributed by atoms with E-state index in [1.807, 2.05) is 109 Å². The van der Waals surface area contributed by atoms with Crippen molar-refractivity contribution < 1.29 is 4.74 Å². The first-order chi connectivity index (χ1) is 31.7. The second-order valence-electron chi connectivity index (χ2n) is 15.5. The van der Waals surface area contributed by atoms with Crippen LogP contribution in [0.5, 0.6) is 11.5 Å². The molecule has 1 aliphatic rings. The van der Waals surface area contributed by atoms with Crippen LogP contribution in [-0.2, 0) is 0 Å². The molecule has 8 heteroatoms. The van der Waals surface area contributed by atoms with Gasteiger partial charge in [0.25, 0.3) is 0 Å². The number of nitrogens with zero attached hydrogens (tertiary/aromatic N) is 6. The van der Waals surface area contributed by atoms with Gasteiger partial charge in [0, 0.05) is 33.4 Å². The number of ether oxygens (including phenoxy) is 1. The predicted octanol–water partition coefficient (Wildman–Crippen LogP) is 14.3. The van der Waals surface area contributed by atoms with E-state index in [0.717, 1.165) is 82.0 Å². The van der Waals surface area contributed by atoms with Gasteiger partial charge in [-0.25, -0.2) is 29.9 Å². The van der Waals surface area contributed by atoms with Gasteiger partial charge >= 0.3 is 0 Å². The molecule has 64 heavy (non-hydrogen) atoms. The van der Waals surface area contributed by atoms with Crippen molar-refractivity contribution in [3.63, 3.8) is 0 Å². The number of hydrogen-bond donors (Lipinski definition) is 0. The normalized spacial score (nSPS) is 11.8. The maximum Gasteiger partial charge on any atom is 0.164 e. The Hall–Kier alpha value is -8.33. The van der Waals surface area contributed by atoms with Crippen molar-refractivity contribution in [1.82, 2.24) is 29.9 Å². The van der Waals surface area contributed by atoms with Gasteiger partial charge in [0.2, 0.25) is 0 Å². The molecule has 0 aliphatic carbocycles. The first kappa shape index (κ1) is 37.4. The fourth-order valence-electron chi connectivity index (χ4n) is 8.33. The van der Waals surface area contributed by atoms with Crippen molar-refractivity contribution in [1.29, 1.82) is 0 Å². The van der Waals surface area contributed by atoms with E-state index in [2.05, 4.69) is 97.1 Å². The Morgan fingerprint density at radius 1 is 0.281 bits per heavy atom. The molecule has 0 spiro atoms. The SMILES string of the molecule is c1ccc(-c2nc(-c3ccccc3)nc(-c3cc(-c4nc(-c5ccccc5)nc(-c5cc6ccccc6c6ccccc56)n4)ccc3-c3ccc4c(c3)Oc3ccccc3S4)n2)cc1. The number of fused-ring (bicyclic) bond motifs is 5. The molecule has 0 atom stereocenters. The third-order valence-electron chi connectivity index (χ3n) is 11.4. The van der Waals surface area contributed by atoms with Gasteiger partial charge in [-0.05, 0) is 69.1 Å². The highest BCUT2D eigenvalue weighted by Gasteiger charge is 2.23. The van der Waals surface area contributed by atoms with E-state index in [0.29, 0.717) is 34.9 Å². The van der Waals surface area contributed by atoms with Crippen molar-refractivity contribution in [2.45, 2.75) is 9.79 Å². The Morgan fingerprint density at radius 2 is 0.766 bits per heavy atom. The molecular weight excluding hydrogens is 805 g/mol. The smallest absolute Gasteiger partial charge is 0.164 e. The maximum atomic E-state index is 6.51. The zero-order chi connectivity index (χ0) is 42.4. The summed E-state index contributed by atoms with van der Waals surface area (Å²) < 4.78 is 6.51. The fraction of sp³-hybridized carbons (Fsp3) is 0. The summed E-state index contributed by atoms with van der Waals surface area (Å²) in [5.74, 6) is 4.96. The van der Waals surface area contributed by atoms with Gasteiger partial charge in [-0.1, -0.05) is 182 Å². The molecule has 2 aromatic heterocycles. The van der Waals surface area contributed by atoms with Crippen LogP contribution in [0.25, 0.3) is 101 Å². The second-order valence-corrected chi connectivity index (χ2v) is 16.6. The van der Waals surface area contributed by atoms with Gasteiger partial charge < -0.3 is 4.74 Å². The van der Waals surface area contributed by atoms with Crippen molar-refractivity contribution in [3.05, 3.63) is 206 Å². The third-order valence-corrected chi connectivity index (χ3v) is 12.6. The minimum absolute atomic E-state index is 0.515. The molecule has 0 amide bonds. The van der Waals surface area contributed by atoms with E-state index >= 15 is 0 Å². The predicted molar refractivity (Wildman–Crippen MR) is 257 cm³/mol. The van der Waals surface area contributed by atoms with Crippen molar-refractivity contribution in [3.8, 4) is 91.0 Å². The molecule has 0 fully saturated rings. The summed E-state index contributed by atoms with van der Waals surface area (Å²) in [5.41, 5.74) is 7.03. The molecule has 12 rings (SSSR count). The minimum atomic E-state index is 0.515. The Kier molecular flexibility index (Phi) is 9.27. The molecule has 1 aliphatic heterocycles. The number of para-hydroxylation sites is 1. The topological polar surface area (TPSA) is 86.6 Å². The highest BCUT2D eigenvalue weighted by molar-refractivity contribution is 7.99. The lowest BCUT2D eigenvalue weighted by atomic mass is 9.95. The first-order valence-corrected chi connectivity index (χ1v) is 21.8. The first-order valence-electron chi connectivity index (χ1n) is 21.0. The zero-order valence-corrected chi connectivity index (χ0v) is 34.9. The maximum absolute atomic E-state index is 6.51. The van der Waals surface area contributed by atoms with E-state index in [1.54, 1.807) is 11.8 Å². The molecule has 0 saturated heterocycles. The molecular formula is C56H34N6OS. The Balaban J connectivity index is 1.09. The monoisotopic (exact) mass is 838 g/mol. The van der Waals surface area contributed by atoms with E-state index in [9.17, 15) is 0 Å². The van der Waals surface area contributed by atoms with Gasteiger partial charge in [0.1, 0.15) is 11.5 Å². The van der Waals surface area contributed by atoms with Crippen LogP contribution in [0.3, 0.4) is 0 Å². The summed E-state index contributed by atoms with van der Waals surface area (Å²) in [6, 6.07) is 70.0. The van der Waals surface area contributed by atoms with Crippen LogP contribution >= 0.6 is 11.8 Å². The largest absolute Gasteiger partial charge is 0.455 e. The molecule has 0 saturated carbocycles. The minimum Gasteiger partial charge on any atom is -0.455 e. The van der Waals surface area contributed by atoms with E-state index in [1.165, 1.54) is 5.39 Å². The van der Waals surface area contributed by atoms with Gasteiger partial charge in [0.15, 0.2) is 34.9 Å². The lowest BCUT2D eigenvalue weighted by Gasteiger charge is -2.20. The van der Waals surface area contributed by atoms with Crippen molar-refractivity contribution in [2.75, 3.05) is 0 Å². The summed E-state index contributed by atoms with van der Waals surface area (Å²) in [6.07, 6.45) is 0. The van der Waals surface area contributed by atoms with Crippen LogP contribution in [0.15, 0.2) is 216 Å². The standard InChI is InChI=1S/C56H34N6OS/c1-4-16-35(17-5-1)51-57-52(36-18-6-2-7-19-36)60-55(59-51)45-33-40(28-30-42(45)39-29-31-50-48(34-39)63-47-26-14-15-27-49(47)64-50)54-58-53(37-20-8-3-9-21-37)61-56(62-54)46-32-38-22-10-11-23-41(38)43-24-12-13-25-44(43)46/h1-34H. The van der Waals surface area contributed by atoms with Crippen LogP contribution in [0.4, 0.5) is 0 Å². The van der Waals surface area contributed by atoms with Gasteiger partial charge in [-0.2, -0.15) is 0 Å². The molecule has 0 unspecified atom stereocenters. The molecule has 0 radical (unpaired) electrons. The highest BCUT2D eigenvalue weighted by Crippen LogP contribution is 2.49. The summed E-state index contributed by atoms with van der Waals surface area (Å²) in [5, 5.41) is 4.49.